The normalized spacial score (nSPS) is 10.2. The Kier molecular flexibility index (Phi) is 5.42. The lowest BCUT2D eigenvalue weighted by atomic mass is 10.2. The molecule has 2 N–H and O–H groups in total. The molecule has 21 heavy (non-hydrogen) atoms. The highest BCUT2D eigenvalue weighted by Crippen LogP contribution is 2.30. The van der Waals surface area contributed by atoms with Crippen LogP contribution in [0.25, 0.3) is 0 Å². The molecule has 0 spiro atoms. The van der Waals surface area contributed by atoms with E-state index in [1.54, 1.807) is 30.5 Å². The van der Waals surface area contributed by atoms with Crippen LogP contribution in [0.1, 0.15) is 23.8 Å². The van der Waals surface area contributed by atoms with E-state index in [9.17, 15) is 4.79 Å². The Balaban J connectivity index is 2.17. The van der Waals surface area contributed by atoms with Crippen LogP contribution in [0.5, 0.6) is 0 Å². The summed E-state index contributed by atoms with van der Waals surface area (Å²) < 4.78 is 0. The van der Waals surface area contributed by atoms with Gasteiger partial charge in [0.2, 0.25) is 0 Å². The van der Waals surface area contributed by atoms with Gasteiger partial charge in [0.25, 0.3) is 5.91 Å². The van der Waals surface area contributed by atoms with Gasteiger partial charge >= 0.3 is 0 Å². The minimum atomic E-state index is -0.356. The number of aromatic nitrogens is 1. The maximum atomic E-state index is 12.2. The van der Waals surface area contributed by atoms with Crippen LogP contribution in [0.4, 0.5) is 11.4 Å². The van der Waals surface area contributed by atoms with E-state index in [-0.39, 0.29) is 5.91 Å². The summed E-state index contributed by atoms with van der Waals surface area (Å²) in [6.45, 7) is 2.91. The number of para-hydroxylation sites is 1. The maximum Gasteiger partial charge on any atom is 0.274 e. The van der Waals surface area contributed by atoms with Crippen LogP contribution in [0.3, 0.4) is 0 Å². The second-order valence-electron chi connectivity index (χ2n) is 4.41. The van der Waals surface area contributed by atoms with E-state index in [1.807, 2.05) is 6.07 Å². The first kappa shape index (κ1) is 15.6. The van der Waals surface area contributed by atoms with E-state index in [2.05, 4.69) is 22.5 Å². The second kappa shape index (κ2) is 7.29. The number of hydrogen-bond donors (Lipinski definition) is 2. The Morgan fingerprint density at radius 2 is 1.95 bits per heavy atom. The van der Waals surface area contributed by atoms with Crippen molar-refractivity contribution in [2.75, 3.05) is 17.2 Å². The predicted molar refractivity (Wildman–Crippen MR) is 87.4 cm³/mol. The molecule has 6 heteroatoms. The molecule has 0 aliphatic carbocycles. The van der Waals surface area contributed by atoms with E-state index in [4.69, 9.17) is 23.2 Å². The summed E-state index contributed by atoms with van der Waals surface area (Å²) >= 11 is 12.1. The molecule has 1 aromatic carbocycles. The van der Waals surface area contributed by atoms with Gasteiger partial charge in [-0.05, 0) is 30.7 Å². The maximum absolute atomic E-state index is 12.2. The molecule has 2 rings (SSSR count). The van der Waals surface area contributed by atoms with Crippen LogP contribution in [-0.4, -0.2) is 17.4 Å². The summed E-state index contributed by atoms with van der Waals surface area (Å²) in [4.78, 5) is 16.3. The largest absolute Gasteiger partial charge is 0.385 e. The van der Waals surface area contributed by atoms with Crippen LogP contribution in [0, 0.1) is 0 Å². The summed E-state index contributed by atoms with van der Waals surface area (Å²) in [5.41, 5.74) is 1.54. The third kappa shape index (κ3) is 4.09. The SMILES string of the molecule is CCCNc1ccnc(C(=O)Nc2c(Cl)cccc2Cl)c1. The zero-order valence-corrected chi connectivity index (χ0v) is 13.0. The molecule has 0 saturated carbocycles. The van der Waals surface area contributed by atoms with E-state index in [1.165, 1.54) is 0 Å². The first-order valence-corrected chi connectivity index (χ1v) is 7.32. The molecule has 0 aliphatic rings. The molecule has 0 bridgehead atoms. The molecular weight excluding hydrogens is 309 g/mol. The van der Waals surface area contributed by atoms with Gasteiger partial charge in [-0.1, -0.05) is 36.2 Å². The Morgan fingerprint density at radius 3 is 2.62 bits per heavy atom. The van der Waals surface area contributed by atoms with Gasteiger partial charge in [-0.15, -0.1) is 0 Å². The quantitative estimate of drug-likeness (QED) is 0.853. The number of nitrogens with one attached hydrogen (secondary N) is 2. The van der Waals surface area contributed by atoms with E-state index in [0.29, 0.717) is 21.4 Å². The van der Waals surface area contributed by atoms with Crippen molar-refractivity contribution in [1.29, 1.82) is 0 Å². The van der Waals surface area contributed by atoms with Gasteiger partial charge in [0, 0.05) is 18.4 Å². The van der Waals surface area contributed by atoms with Crippen LogP contribution in [0.15, 0.2) is 36.5 Å². The fourth-order valence-corrected chi connectivity index (χ4v) is 2.22. The molecule has 1 heterocycles. The lowest BCUT2D eigenvalue weighted by Gasteiger charge is -2.10. The van der Waals surface area contributed by atoms with Crippen LogP contribution in [0.2, 0.25) is 10.0 Å². The van der Waals surface area contributed by atoms with Gasteiger partial charge in [0.1, 0.15) is 5.69 Å². The van der Waals surface area contributed by atoms with Crippen molar-refractivity contribution in [3.05, 3.63) is 52.3 Å². The Hall–Kier alpha value is -1.78. The fourth-order valence-electron chi connectivity index (χ4n) is 1.73. The number of anilines is 2. The molecule has 0 saturated heterocycles. The van der Waals surface area contributed by atoms with Gasteiger partial charge < -0.3 is 10.6 Å². The number of halogens is 2. The lowest BCUT2D eigenvalue weighted by Crippen LogP contribution is -2.14. The van der Waals surface area contributed by atoms with E-state index in [0.717, 1.165) is 18.7 Å². The molecule has 1 amide bonds. The molecule has 110 valence electrons. The van der Waals surface area contributed by atoms with E-state index < -0.39 is 0 Å². The van der Waals surface area contributed by atoms with Crippen molar-refractivity contribution in [3.8, 4) is 0 Å². The minimum absolute atomic E-state index is 0.298. The molecular formula is C15H15Cl2N3O. The number of amides is 1. The van der Waals surface area contributed by atoms with E-state index >= 15 is 0 Å². The highest BCUT2D eigenvalue weighted by Gasteiger charge is 2.12. The monoisotopic (exact) mass is 323 g/mol. The first-order valence-electron chi connectivity index (χ1n) is 6.57. The summed E-state index contributed by atoms with van der Waals surface area (Å²) in [6.07, 6.45) is 2.58. The highest BCUT2D eigenvalue weighted by molar-refractivity contribution is 6.40. The molecule has 0 aliphatic heterocycles. The van der Waals surface area contributed by atoms with Gasteiger partial charge in [0.15, 0.2) is 0 Å². The third-order valence-corrected chi connectivity index (χ3v) is 3.40. The predicted octanol–water partition coefficient (Wildman–Crippen LogP) is 4.46. The van der Waals surface area contributed by atoms with Gasteiger partial charge in [-0.3, -0.25) is 9.78 Å². The number of pyridine rings is 1. The zero-order valence-electron chi connectivity index (χ0n) is 11.5. The summed E-state index contributed by atoms with van der Waals surface area (Å²) in [5.74, 6) is -0.356. The van der Waals surface area contributed by atoms with Gasteiger partial charge in [0.05, 0.1) is 15.7 Å². The van der Waals surface area contributed by atoms with Crippen molar-refractivity contribution < 1.29 is 4.79 Å². The van der Waals surface area contributed by atoms with Crippen molar-refractivity contribution in [2.45, 2.75) is 13.3 Å². The highest BCUT2D eigenvalue weighted by atomic mass is 35.5. The van der Waals surface area contributed by atoms with Crippen LogP contribution in [-0.2, 0) is 0 Å². The second-order valence-corrected chi connectivity index (χ2v) is 5.22. The molecule has 0 atom stereocenters. The topological polar surface area (TPSA) is 54.0 Å². The smallest absolute Gasteiger partial charge is 0.274 e. The molecule has 4 nitrogen and oxygen atoms in total. The van der Waals surface area contributed by atoms with Crippen molar-refractivity contribution in [3.63, 3.8) is 0 Å². The average molecular weight is 324 g/mol. The first-order chi connectivity index (χ1) is 10.1. The Morgan fingerprint density at radius 1 is 1.24 bits per heavy atom. The zero-order chi connectivity index (χ0) is 15.2. The third-order valence-electron chi connectivity index (χ3n) is 2.77. The number of hydrogen-bond acceptors (Lipinski definition) is 3. The number of carbonyl (C=O) groups is 1. The summed E-state index contributed by atoms with van der Waals surface area (Å²) in [5, 5.41) is 6.66. The number of carbonyl (C=O) groups excluding carboxylic acids is 1. The molecule has 0 unspecified atom stereocenters. The Bertz CT molecular complexity index is 626. The van der Waals surface area contributed by atoms with Crippen molar-refractivity contribution in [1.82, 2.24) is 4.98 Å². The van der Waals surface area contributed by atoms with Gasteiger partial charge in [-0.25, -0.2) is 0 Å². The molecule has 2 aromatic rings. The molecule has 1 aromatic heterocycles. The minimum Gasteiger partial charge on any atom is -0.385 e. The van der Waals surface area contributed by atoms with Gasteiger partial charge in [-0.2, -0.15) is 0 Å². The standard InChI is InChI=1S/C15H15Cl2N3O/c1-2-7-18-10-6-8-19-13(9-10)15(21)20-14-11(16)4-3-5-12(14)17/h3-6,8-9H,2,7H2,1H3,(H,18,19)(H,20,21). The fraction of sp³-hybridized carbons (Fsp3) is 0.200. The summed E-state index contributed by atoms with van der Waals surface area (Å²) in [7, 11) is 0. The number of rotatable bonds is 5. The average Bonchev–Trinajstić information content (AvgIpc) is 2.49. The lowest BCUT2D eigenvalue weighted by molar-refractivity contribution is 0.102. The van der Waals surface area contributed by atoms with Crippen molar-refractivity contribution in [2.24, 2.45) is 0 Å². The van der Waals surface area contributed by atoms with Crippen LogP contribution < -0.4 is 10.6 Å². The van der Waals surface area contributed by atoms with Crippen LogP contribution >= 0.6 is 23.2 Å². The summed E-state index contributed by atoms with van der Waals surface area (Å²) in [6, 6.07) is 8.55. The van der Waals surface area contributed by atoms with Crippen molar-refractivity contribution >= 4 is 40.5 Å². The molecule has 0 radical (unpaired) electrons. The molecule has 0 fully saturated rings. The number of benzene rings is 1. The number of nitrogens with zero attached hydrogens (tertiary/aromatic N) is 1. The Labute approximate surface area is 133 Å².